The van der Waals surface area contributed by atoms with Gasteiger partial charge in [0.25, 0.3) is 0 Å². The van der Waals surface area contributed by atoms with Gasteiger partial charge in [0.2, 0.25) is 0 Å². The fourth-order valence-corrected chi connectivity index (χ4v) is 12.3. The third-order valence-corrected chi connectivity index (χ3v) is 15.8. The fraction of sp³-hybridized carbons (Fsp3) is 0.143. The standard InChI is InChI=1S/C70H57NO2/c1-67(2,3)49-34-38-54-55-39-35-50(68(4,5)6)43-59(55)70(58(54)42-49)57-30-18-21-33-64(57)73-66-41-37-52(45-61(66)70)71(62-31-19-16-28-53(62)46-22-10-7-11-23-46)51-36-40-65-60(44-51)69(47-24-12-8-13-25-47,48-26-14-9-15-27-48)56-29-17-20-32-63(56)72-65/h7-45H,1-6H3. The molecule has 1 aliphatic carbocycles. The largest absolute Gasteiger partial charge is 0.457 e. The predicted molar refractivity (Wildman–Crippen MR) is 300 cm³/mol. The third-order valence-electron chi connectivity index (χ3n) is 15.8. The second-order valence-electron chi connectivity index (χ2n) is 22.0. The Hall–Kier alpha value is -8.40. The number of anilines is 3. The number of fused-ring (bicyclic) bond motifs is 11. The normalized spacial score (nSPS) is 14.3. The SMILES string of the molecule is CC(C)(C)c1ccc2c(c1)C1(c3ccccc3Oc3ccc(N(c4ccc5c(c4)C(c4ccccc4)(c4ccccc4)c4ccccc4O5)c4ccccc4-c4ccccc4)cc31)c1cc(C(C)(C)C)ccc1-2. The minimum atomic E-state index is -0.711. The molecule has 3 heteroatoms. The van der Waals surface area contributed by atoms with E-state index in [1.165, 1.54) is 44.5 Å². The molecule has 0 amide bonds. The molecular formula is C70H57NO2. The Bertz CT molecular complexity index is 3660. The van der Waals surface area contributed by atoms with Crippen LogP contribution in [-0.2, 0) is 21.7 Å². The molecule has 0 atom stereocenters. The highest BCUT2D eigenvalue weighted by atomic mass is 16.5. The van der Waals surface area contributed by atoms with Crippen molar-refractivity contribution in [2.45, 2.75) is 63.2 Å². The molecule has 0 saturated carbocycles. The van der Waals surface area contributed by atoms with Crippen molar-refractivity contribution in [2.24, 2.45) is 0 Å². The number of hydrogen-bond donors (Lipinski definition) is 0. The number of nitrogens with zero attached hydrogens (tertiary/aromatic N) is 1. The lowest BCUT2D eigenvalue weighted by Crippen LogP contribution is -2.34. The third kappa shape index (κ3) is 6.78. The molecule has 2 heterocycles. The summed E-state index contributed by atoms with van der Waals surface area (Å²) in [7, 11) is 0. The molecule has 13 rings (SSSR count). The first-order chi connectivity index (χ1) is 35.5. The van der Waals surface area contributed by atoms with Crippen molar-refractivity contribution in [1.82, 2.24) is 0 Å². The van der Waals surface area contributed by atoms with Gasteiger partial charge < -0.3 is 14.4 Å². The summed E-state index contributed by atoms with van der Waals surface area (Å²) in [5.74, 6) is 3.40. The van der Waals surface area contributed by atoms with Gasteiger partial charge in [-0.25, -0.2) is 0 Å². The topological polar surface area (TPSA) is 21.7 Å². The maximum absolute atomic E-state index is 7.13. The molecule has 10 aromatic carbocycles. The quantitative estimate of drug-likeness (QED) is 0.166. The number of hydrogen-bond acceptors (Lipinski definition) is 3. The van der Waals surface area contributed by atoms with Gasteiger partial charge in [0.1, 0.15) is 23.0 Å². The highest BCUT2D eigenvalue weighted by Gasteiger charge is 2.52. The lowest BCUT2D eigenvalue weighted by molar-refractivity contribution is 0.434. The molecule has 3 nitrogen and oxygen atoms in total. The Morgan fingerprint density at radius 3 is 1.23 bits per heavy atom. The van der Waals surface area contributed by atoms with E-state index in [1.807, 2.05) is 0 Å². The van der Waals surface area contributed by atoms with Gasteiger partial charge in [-0.2, -0.15) is 0 Å². The number of para-hydroxylation sites is 3. The molecule has 0 saturated heterocycles. The molecule has 0 aromatic heterocycles. The van der Waals surface area contributed by atoms with Crippen LogP contribution in [0.4, 0.5) is 17.1 Å². The van der Waals surface area contributed by atoms with Crippen LogP contribution in [-0.4, -0.2) is 0 Å². The van der Waals surface area contributed by atoms with E-state index < -0.39 is 10.8 Å². The summed E-state index contributed by atoms with van der Waals surface area (Å²) >= 11 is 0. The zero-order chi connectivity index (χ0) is 49.7. The van der Waals surface area contributed by atoms with Gasteiger partial charge >= 0.3 is 0 Å². The second kappa shape index (κ2) is 16.6. The molecule has 1 spiro atoms. The summed E-state index contributed by atoms with van der Waals surface area (Å²) in [6.07, 6.45) is 0. The molecule has 73 heavy (non-hydrogen) atoms. The molecule has 0 unspecified atom stereocenters. The van der Waals surface area contributed by atoms with Crippen LogP contribution < -0.4 is 14.4 Å². The van der Waals surface area contributed by atoms with E-state index in [4.69, 9.17) is 9.47 Å². The minimum absolute atomic E-state index is 0.0831. The Kier molecular flexibility index (Phi) is 10.1. The fourth-order valence-electron chi connectivity index (χ4n) is 12.3. The van der Waals surface area contributed by atoms with Crippen LogP contribution in [0.3, 0.4) is 0 Å². The lowest BCUT2D eigenvalue weighted by Gasteiger charge is -2.42. The van der Waals surface area contributed by atoms with Crippen LogP contribution in [0.5, 0.6) is 23.0 Å². The van der Waals surface area contributed by atoms with E-state index in [1.54, 1.807) is 0 Å². The maximum atomic E-state index is 7.13. The highest BCUT2D eigenvalue weighted by Crippen LogP contribution is 2.64. The number of rotatable bonds is 6. The molecule has 0 fully saturated rings. The Morgan fingerprint density at radius 1 is 0.315 bits per heavy atom. The Morgan fingerprint density at radius 2 is 0.726 bits per heavy atom. The van der Waals surface area contributed by atoms with Gasteiger partial charge in [0.15, 0.2) is 0 Å². The Labute approximate surface area is 430 Å². The van der Waals surface area contributed by atoms with E-state index in [0.717, 1.165) is 73.4 Å². The van der Waals surface area contributed by atoms with Crippen molar-refractivity contribution < 1.29 is 9.47 Å². The minimum Gasteiger partial charge on any atom is -0.457 e. The summed E-state index contributed by atoms with van der Waals surface area (Å²) in [4.78, 5) is 2.46. The summed E-state index contributed by atoms with van der Waals surface area (Å²) in [6.45, 7) is 13.9. The summed E-state index contributed by atoms with van der Waals surface area (Å²) in [5, 5.41) is 0. The molecule has 0 radical (unpaired) electrons. The first-order valence-corrected chi connectivity index (χ1v) is 25.7. The average molecular weight is 944 g/mol. The van der Waals surface area contributed by atoms with Crippen molar-refractivity contribution in [3.63, 3.8) is 0 Å². The molecule has 0 N–H and O–H groups in total. The molecule has 10 aromatic rings. The van der Waals surface area contributed by atoms with Crippen molar-refractivity contribution in [1.29, 1.82) is 0 Å². The van der Waals surface area contributed by atoms with Crippen LogP contribution in [0.15, 0.2) is 237 Å². The molecule has 2 aliphatic heterocycles. The van der Waals surface area contributed by atoms with Crippen LogP contribution in [0.25, 0.3) is 22.3 Å². The van der Waals surface area contributed by atoms with Crippen molar-refractivity contribution in [2.75, 3.05) is 4.90 Å². The summed E-state index contributed by atoms with van der Waals surface area (Å²) < 4.78 is 14.1. The number of benzene rings is 10. The van der Waals surface area contributed by atoms with E-state index in [2.05, 4.69) is 283 Å². The van der Waals surface area contributed by atoms with Crippen molar-refractivity contribution in [3.05, 3.63) is 292 Å². The van der Waals surface area contributed by atoms with Gasteiger partial charge in [-0.1, -0.05) is 224 Å². The summed E-state index contributed by atoms with van der Waals surface area (Å²) in [5.41, 5.74) is 18.2. The maximum Gasteiger partial charge on any atom is 0.132 e. The zero-order valence-corrected chi connectivity index (χ0v) is 42.3. The molecule has 0 bridgehead atoms. The van der Waals surface area contributed by atoms with E-state index >= 15 is 0 Å². The molecule has 3 aliphatic rings. The molecule has 354 valence electrons. The van der Waals surface area contributed by atoms with Crippen LogP contribution in [0.2, 0.25) is 0 Å². The first kappa shape index (κ1) is 44.5. The van der Waals surface area contributed by atoms with Gasteiger partial charge in [-0.3, -0.25) is 0 Å². The van der Waals surface area contributed by atoms with Crippen LogP contribution in [0.1, 0.15) is 97.2 Å². The molecular weight excluding hydrogens is 887 g/mol. The van der Waals surface area contributed by atoms with Crippen LogP contribution in [0, 0.1) is 0 Å². The van der Waals surface area contributed by atoms with Gasteiger partial charge in [0.05, 0.1) is 16.5 Å². The van der Waals surface area contributed by atoms with E-state index in [0.29, 0.717) is 0 Å². The van der Waals surface area contributed by atoms with Gasteiger partial charge in [-0.15, -0.1) is 0 Å². The Balaban J connectivity index is 1.13. The highest BCUT2D eigenvalue weighted by molar-refractivity contribution is 5.93. The van der Waals surface area contributed by atoms with E-state index in [-0.39, 0.29) is 10.8 Å². The smallest absolute Gasteiger partial charge is 0.132 e. The first-order valence-electron chi connectivity index (χ1n) is 25.7. The van der Waals surface area contributed by atoms with Crippen molar-refractivity contribution in [3.8, 4) is 45.3 Å². The van der Waals surface area contributed by atoms with Gasteiger partial charge in [-0.05, 0) is 115 Å². The van der Waals surface area contributed by atoms with E-state index in [9.17, 15) is 0 Å². The zero-order valence-electron chi connectivity index (χ0n) is 42.3. The van der Waals surface area contributed by atoms with Gasteiger partial charge in [0, 0.05) is 39.2 Å². The second-order valence-corrected chi connectivity index (χ2v) is 22.0. The van der Waals surface area contributed by atoms with Crippen LogP contribution >= 0.6 is 0 Å². The number of ether oxygens (including phenoxy) is 2. The monoisotopic (exact) mass is 943 g/mol. The average Bonchev–Trinajstić information content (AvgIpc) is 3.70. The summed E-state index contributed by atoms with van der Waals surface area (Å²) in [6, 6.07) is 86.9. The lowest BCUT2D eigenvalue weighted by atomic mass is 9.63. The predicted octanol–water partition coefficient (Wildman–Crippen LogP) is 18.4. The van der Waals surface area contributed by atoms with Crippen molar-refractivity contribution >= 4 is 17.1 Å².